The van der Waals surface area contributed by atoms with Gasteiger partial charge < -0.3 is 10.2 Å². The number of anilines is 1. The van der Waals surface area contributed by atoms with Gasteiger partial charge in [0.2, 0.25) is 11.8 Å². The van der Waals surface area contributed by atoms with Crippen molar-refractivity contribution in [1.29, 1.82) is 0 Å². The molecular weight excluding hydrogens is 524 g/mol. The molecule has 1 atom stereocenters. The Labute approximate surface area is 232 Å². The third-order valence-corrected chi connectivity index (χ3v) is 9.05. The first-order valence-electron chi connectivity index (χ1n) is 13.0. The monoisotopic (exact) mass is 562 g/mol. The van der Waals surface area contributed by atoms with Crippen LogP contribution in [0.3, 0.4) is 0 Å². The van der Waals surface area contributed by atoms with E-state index in [4.69, 9.17) is 11.6 Å². The van der Waals surface area contributed by atoms with Crippen LogP contribution in [0.15, 0.2) is 42.5 Å². The van der Waals surface area contributed by atoms with E-state index in [1.807, 2.05) is 25.1 Å². The molecule has 2 aromatic rings. The number of rotatable bonds is 10. The summed E-state index contributed by atoms with van der Waals surface area (Å²) in [6.07, 6.45) is 5.13. The van der Waals surface area contributed by atoms with Crippen LogP contribution < -0.4 is 9.62 Å². The highest BCUT2D eigenvalue weighted by Crippen LogP contribution is 2.26. The first kappa shape index (κ1) is 29.9. The largest absolute Gasteiger partial charge is 0.352 e. The average molecular weight is 563 g/mol. The number of carbonyl (C=O) groups excluding carboxylic acids is 2. The zero-order valence-electron chi connectivity index (χ0n) is 22.9. The first-order valence-corrected chi connectivity index (χ1v) is 14.8. The van der Waals surface area contributed by atoms with Gasteiger partial charge in [-0.25, -0.2) is 4.31 Å². The highest BCUT2D eigenvalue weighted by atomic mass is 35.5. The smallest absolute Gasteiger partial charge is 0.304 e. The van der Waals surface area contributed by atoms with Crippen molar-refractivity contribution in [2.45, 2.75) is 71.5 Å². The Morgan fingerprint density at radius 1 is 1.05 bits per heavy atom. The SMILES string of the molecule is Cc1ccc(C)c(N(CC(=O)N(Cc2cccc(Cl)c2)[C@@H](C)C(=O)NC2CCCCC2)S(=O)(=O)N(C)C)c1. The molecule has 2 amide bonds. The second-order valence-electron chi connectivity index (χ2n) is 10.3. The summed E-state index contributed by atoms with van der Waals surface area (Å²) in [6, 6.07) is 11.8. The molecule has 0 aliphatic heterocycles. The van der Waals surface area contributed by atoms with E-state index in [0.29, 0.717) is 10.7 Å². The third kappa shape index (κ3) is 7.48. The van der Waals surface area contributed by atoms with Crippen LogP contribution in [0.4, 0.5) is 5.69 Å². The van der Waals surface area contributed by atoms with Gasteiger partial charge in [-0.3, -0.25) is 9.59 Å². The van der Waals surface area contributed by atoms with Crippen molar-refractivity contribution >= 4 is 39.3 Å². The molecule has 3 rings (SSSR count). The molecular formula is C28H39ClN4O4S. The number of hydrogen-bond donors (Lipinski definition) is 1. The Bertz CT molecular complexity index is 1250. The highest BCUT2D eigenvalue weighted by molar-refractivity contribution is 7.90. The zero-order valence-corrected chi connectivity index (χ0v) is 24.5. The molecule has 0 bridgehead atoms. The fraction of sp³-hybridized carbons (Fsp3) is 0.500. The van der Waals surface area contributed by atoms with Crippen LogP contribution in [0.25, 0.3) is 0 Å². The Morgan fingerprint density at radius 3 is 2.37 bits per heavy atom. The predicted molar refractivity (Wildman–Crippen MR) is 152 cm³/mol. The molecule has 208 valence electrons. The van der Waals surface area contributed by atoms with Crippen LogP contribution in [0.2, 0.25) is 5.02 Å². The summed E-state index contributed by atoms with van der Waals surface area (Å²) in [5, 5.41) is 3.62. The number of halogens is 1. The molecule has 1 aliphatic carbocycles. The summed E-state index contributed by atoms with van der Waals surface area (Å²) in [5.74, 6) is -0.733. The van der Waals surface area contributed by atoms with E-state index in [-0.39, 0.29) is 18.5 Å². The molecule has 10 heteroatoms. The van der Waals surface area contributed by atoms with Crippen LogP contribution in [-0.2, 0) is 26.3 Å². The normalized spacial score (nSPS) is 15.2. The number of nitrogens with zero attached hydrogens (tertiary/aromatic N) is 3. The number of benzene rings is 2. The van der Waals surface area contributed by atoms with Crippen molar-refractivity contribution in [2.75, 3.05) is 24.9 Å². The van der Waals surface area contributed by atoms with Crippen molar-refractivity contribution in [3.05, 3.63) is 64.2 Å². The fourth-order valence-corrected chi connectivity index (χ4v) is 6.00. The lowest BCUT2D eigenvalue weighted by atomic mass is 9.95. The van der Waals surface area contributed by atoms with E-state index in [1.165, 1.54) is 19.0 Å². The van der Waals surface area contributed by atoms with Gasteiger partial charge >= 0.3 is 10.2 Å². The van der Waals surface area contributed by atoms with Crippen molar-refractivity contribution in [3.63, 3.8) is 0 Å². The van der Waals surface area contributed by atoms with E-state index < -0.39 is 28.7 Å². The fourth-order valence-electron chi connectivity index (χ4n) is 4.67. The Balaban J connectivity index is 1.95. The van der Waals surface area contributed by atoms with Gasteiger partial charge in [0.1, 0.15) is 12.6 Å². The minimum absolute atomic E-state index is 0.0855. The summed E-state index contributed by atoms with van der Waals surface area (Å²) >= 11 is 6.19. The van der Waals surface area contributed by atoms with Gasteiger partial charge in [-0.05, 0) is 68.5 Å². The summed E-state index contributed by atoms with van der Waals surface area (Å²) < 4.78 is 29.0. The lowest BCUT2D eigenvalue weighted by Crippen LogP contribution is -2.53. The number of amides is 2. The molecule has 0 aromatic heterocycles. The minimum Gasteiger partial charge on any atom is -0.352 e. The maximum Gasteiger partial charge on any atom is 0.304 e. The van der Waals surface area contributed by atoms with Gasteiger partial charge in [0.05, 0.1) is 5.69 Å². The van der Waals surface area contributed by atoms with Gasteiger partial charge in [0, 0.05) is 31.7 Å². The predicted octanol–water partition coefficient (Wildman–Crippen LogP) is 4.44. The maximum atomic E-state index is 13.9. The molecule has 2 aromatic carbocycles. The molecule has 38 heavy (non-hydrogen) atoms. The first-order chi connectivity index (χ1) is 17.9. The summed E-state index contributed by atoms with van der Waals surface area (Å²) in [7, 11) is -1.15. The quantitative estimate of drug-likeness (QED) is 0.464. The Kier molecular flexibility index (Phi) is 10.2. The molecule has 1 aliphatic rings. The van der Waals surface area contributed by atoms with Crippen molar-refractivity contribution < 1.29 is 18.0 Å². The molecule has 8 nitrogen and oxygen atoms in total. The van der Waals surface area contributed by atoms with Crippen LogP contribution in [0, 0.1) is 13.8 Å². The summed E-state index contributed by atoms with van der Waals surface area (Å²) in [5.41, 5.74) is 2.76. The van der Waals surface area contributed by atoms with Crippen LogP contribution in [-0.4, -0.2) is 62.2 Å². The van der Waals surface area contributed by atoms with Gasteiger partial charge in [-0.1, -0.05) is 55.1 Å². The topological polar surface area (TPSA) is 90.0 Å². The van der Waals surface area contributed by atoms with Crippen molar-refractivity contribution in [2.24, 2.45) is 0 Å². The number of nitrogens with one attached hydrogen (secondary N) is 1. The third-order valence-electron chi connectivity index (χ3n) is 7.01. The van der Waals surface area contributed by atoms with E-state index in [2.05, 4.69) is 5.32 Å². The molecule has 1 saturated carbocycles. The average Bonchev–Trinajstić information content (AvgIpc) is 2.87. The van der Waals surface area contributed by atoms with E-state index in [0.717, 1.165) is 57.4 Å². The van der Waals surface area contributed by atoms with Crippen LogP contribution >= 0.6 is 11.6 Å². The van der Waals surface area contributed by atoms with E-state index >= 15 is 0 Å². The molecule has 1 fully saturated rings. The van der Waals surface area contributed by atoms with Crippen molar-refractivity contribution in [3.8, 4) is 0 Å². The second-order valence-corrected chi connectivity index (χ2v) is 12.8. The minimum atomic E-state index is -4.01. The molecule has 0 radical (unpaired) electrons. The van der Waals surface area contributed by atoms with Crippen molar-refractivity contribution in [1.82, 2.24) is 14.5 Å². The standard InChI is InChI=1S/C28H39ClN4O4S/c1-20-14-15-21(2)26(16-20)33(38(36,37)31(4)5)19-27(34)32(18-23-10-9-11-24(29)17-23)22(3)28(35)30-25-12-7-6-8-13-25/h9-11,14-17,22,25H,6-8,12-13,18-19H2,1-5H3,(H,30,35)/t22-/m0/s1. The highest BCUT2D eigenvalue weighted by Gasteiger charge is 2.34. The van der Waals surface area contributed by atoms with Gasteiger partial charge in [0.15, 0.2) is 0 Å². The lowest BCUT2D eigenvalue weighted by molar-refractivity contribution is -0.139. The molecule has 0 unspecified atom stereocenters. The number of aryl methyl sites for hydroxylation is 2. The lowest BCUT2D eigenvalue weighted by Gasteiger charge is -2.34. The molecule has 0 heterocycles. The van der Waals surface area contributed by atoms with Gasteiger partial charge in [-0.15, -0.1) is 0 Å². The zero-order chi connectivity index (χ0) is 28.0. The summed E-state index contributed by atoms with van der Waals surface area (Å²) in [6.45, 7) is 5.02. The van der Waals surface area contributed by atoms with Gasteiger partial charge in [-0.2, -0.15) is 12.7 Å². The van der Waals surface area contributed by atoms with Crippen LogP contribution in [0.1, 0.15) is 55.7 Å². The Morgan fingerprint density at radius 2 is 1.74 bits per heavy atom. The number of carbonyl (C=O) groups is 2. The van der Waals surface area contributed by atoms with E-state index in [9.17, 15) is 18.0 Å². The second kappa shape index (κ2) is 13.0. The molecule has 0 saturated heterocycles. The van der Waals surface area contributed by atoms with E-state index in [1.54, 1.807) is 38.1 Å². The summed E-state index contributed by atoms with van der Waals surface area (Å²) in [4.78, 5) is 28.6. The molecule has 0 spiro atoms. The number of hydrogen-bond acceptors (Lipinski definition) is 4. The Hall–Kier alpha value is -2.62. The van der Waals surface area contributed by atoms with Gasteiger partial charge in [0.25, 0.3) is 0 Å². The van der Waals surface area contributed by atoms with Crippen LogP contribution in [0.5, 0.6) is 0 Å². The molecule has 1 N–H and O–H groups in total. The maximum absolute atomic E-state index is 13.9.